The number of halogens is 2. The predicted octanol–water partition coefficient (Wildman–Crippen LogP) is 3.71. The zero-order chi connectivity index (χ0) is 15.4. The van der Waals surface area contributed by atoms with Gasteiger partial charge in [0.05, 0.1) is 5.02 Å². The summed E-state index contributed by atoms with van der Waals surface area (Å²) in [4.78, 5) is 2.32. The molecular formula is C16H23Cl2NO2. The minimum Gasteiger partial charge on any atom is -0.489 e. The summed E-state index contributed by atoms with van der Waals surface area (Å²) in [5, 5.41) is 11.2. The van der Waals surface area contributed by atoms with Gasteiger partial charge in [-0.25, -0.2) is 0 Å². The highest BCUT2D eigenvalue weighted by Crippen LogP contribution is 2.27. The Morgan fingerprint density at radius 3 is 2.57 bits per heavy atom. The molecule has 0 saturated carbocycles. The minimum atomic E-state index is -0.519. The summed E-state index contributed by atoms with van der Waals surface area (Å²) in [7, 11) is 0. The molecule has 0 bridgehead atoms. The summed E-state index contributed by atoms with van der Waals surface area (Å²) in [6.07, 6.45) is 0.748. The fraction of sp³-hybridized carbons (Fsp3) is 0.625. The van der Waals surface area contributed by atoms with Crippen LogP contribution in [0.5, 0.6) is 5.75 Å². The van der Waals surface area contributed by atoms with E-state index < -0.39 is 6.10 Å². The number of rotatable bonds is 5. The maximum Gasteiger partial charge on any atom is 0.138 e. The van der Waals surface area contributed by atoms with Gasteiger partial charge in [0.15, 0.2) is 0 Å². The van der Waals surface area contributed by atoms with Crippen LogP contribution in [0.2, 0.25) is 10.0 Å². The molecule has 0 spiro atoms. The maximum absolute atomic E-state index is 10.1. The number of hydrogen-bond donors (Lipinski definition) is 1. The number of ether oxygens (including phenoxy) is 1. The number of β-amino-alcohol motifs (C(OH)–C–C–N with tert-alkyl or cyclic N) is 1. The van der Waals surface area contributed by atoms with Crippen LogP contribution in [0.4, 0.5) is 0 Å². The fourth-order valence-corrected chi connectivity index (χ4v) is 3.53. The molecule has 1 N–H and O–H groups in total. The molecule has 3 atom stereocenters. The third-order valence-corrected chi connectivity index (χ3v) is 4.27. The van der Waals surface area contributed by atoms with E-state index in [1.165, 1.54) is 6.42 Å². The quantitative estimate of drug-likeness (QED) is 0.892. The maximum atomic E-state index is 10.1. The Labute approximate surface area is 136 Å². The number of likely N-dealkylation sites (tertiary alicyclic amines) is 1. The Morgan fingerprint density at radius 2 is 1.95 bits per heavy atom. The molecule has 3 nitrogen and oxygen atoms in total. The van der Waals surface area contributed by atoms with Gasteiger partial charge in [0, 0.05) is 24.7 Å². The van der Waals surface area contributed by atoms with Gasteiger partial charge in [-0.3, -0.25) is 0 Å². The average Bonchev–Trinajstić information content (AvgIpc) is 2.36. The zero-order valence-corrected chi connectivity index (χ0v) is 14.1. The first-order valence-electron chi connectivity index (χ1n) is 7.42. The third kappa shape index (κ3) is 5.33. The topological polar surface area (TPSA) is 32.7 Å². The average molecular weight is 332 g/mol. The lowest BCUT2D eigenvalue weighted by molar-refractivity contribution is 0.0429. The molecule has 0 unspecified atom stereocenters. The van der Waals surface area contributed by atoms with Crippen LogP contribution in [-0.4, -0.2) is 42.4 Å². The molecule has 0 aliphatic carbocycles. The van der Waals surface area contributed by atoms with Crippen molar-refractivity contribution in [3.05, 3.63) is 28.2 Å². The van der Waals surface area contributed by atoms with Gasteiger partial charge in [-0.05, 0) is 36.5 Å². The summed E-state index contributed by atoms with van der Waals surface area (Å²) in [5.74, 6) is 1.93. The van der Waals surface area contributed by atoms with Crippen molar-refractivity contribution < 1.29 is 9.84 Å². The Bertz CT molecular complexity index is 460. The van der Waals surface area contributed by atoms with E-state index in [1.54, 1.807) is 18.2 Å². The van der Waals surface area contributed by atoms with Gasteiger partial charge in [0.2, 0.25) is 0 Å². The third-order valence-electron chi connectivity index (χ3n) is 3.74. The molecule has 1 aromatic carbocycles. The molecule has 1 saturated heterocycles. The molecule has 1 aliphatic heterocycles. The van der Waals surface area contributed by atoms with Crippen molar-refractivity contribution in [1.82, 2.24) is 4.90 Å². The number of hydrogen-bond acceptors (Lipinski definition) is 3. The summed E-state index contributed by atoms with van der Waals surface area (Å²) < 4.78 is 5.58. The molecule has 1 heterocycles. The first kappa shape index (κ1) is 16.9. The van der Waals surface area contributed by atoms with Gasteiger partial charge in [-0.15, -0.1) is 0 Å². The SMILES string of the molecule is C[C@@H]1C[C@@H](C)CN(C[C@H](O)COc2ccc(Cl)cc2Cl)C1. The van der Waals surface area contributed by atoms with E-state index in [4.69, 9.17) is 27.9 Å². The lowest BCUT2D eigenvalue weighted by Crippen LogP contribution is -2.44. The normalized spacial score (nSPS) is 24.8. The van der Waals surface area contributed by atoms with Crippen LogP contribution in [0, 0.1) is 11.8 Å². The van der Waals surface area contributed by atoms with E-state index in [1.807, 2.05) is 0 Å². The minimum absolute atomic E-state index is 0.237. The van der Waals surface area contributed by atoms with Gasteiger partial charge >= 0.3 is 0 Å². The van der Waals surface area contributed by atoms with Gasteiger partial charge < -0.3 is 14.7 Å². The Kier molecular flexibility index (Phi) is 6.18. The highest BCUT2D eigenvalue weighted by atomic mass is 35.5. The van der Waals surface area contributed by atoms with Crippen molar-refractivity contribution in [2.24, 2.45) is 11.8 Å². The number of benzene rings is 1. The van der Waals surface area contributed by atoms with Crippen LogP contribution in [0.3, 0.4) is 0 Å². The molecule has 0 amide bonds. The van der Waals surface area contributed by atoms with E-state index in [0.29, 0.717) is 34.2 Å². The fourth-order valence-electron chi connectivity index (χ4n) is 3.07. The Balaban J connectivity index is 1.80. The zero-order valence-electron chi connectivity index (χ0n) is 12.6. The van der Waals surface area contributed by atoms with Crippen LogP contribution in [0.1, 0.15) is 20.3 Å². The van der Waals surface area contributed by atoms with Crippen LogP contribution >= 0.6 is 23.2 Å². The molecular weight excluding hydrogens is 309 g/mol. The number of nitrogens with zero attached hydrogens (tertiary/aromatic N) is 1. The lowest BCUT2D eigenvalue weighted by atomic mass is 9.92. The van der Waals surface area contributed by atoms with E-state index in [-0.39, 0.29) is 6.61 Å². The number of aliphatic hydroxyl groups excluding tert-OH is 1. The van der Waals surface area contributed by atoms with E-state index >= 15 is 0 Å². The van der Waals surface area contributed by atoms with Crippen molar-refractivity contribution in [3.8, 4) is 5.75 Å². The summed E-state index contributed by atoms with van der Waals surface area (Å²) in [6.45, 7) is 7.49. The lowest BCUT2D eigenvalue weighted by Gasteiger charge is -2.35. The monoisotopic (exact) mass is 331 g/mol. The van der Waals surface area contributed by atoms with Crippen molar-refractivity contribution >= 4 is 23.2 Å². The predicted molar refractivity (Wildman–Crippen MR) is 87.3 cm³/mol. The molecule has 0 aromatic heterocycles. The van der Waals surface area contributed by atoms with Crippen molar-refractivity contribution in [2.45, 2.75) is 26.4 Å². The van der Waals surface area contributed by atoms with Crippen LogP contribution in [-0.2, 0) is 0 Å². The molecule has 118 valence electrons. The molecule has 0 radical (unpaired) electrons. The largest absolute Gasteiger partial charge is 0.489 e. The molecule has 1 aromatic rings. The highest BCUT2D eigenvalue weighted by Gasteiger charge is 2.23. The number of aliphatic hydroxyl groups is 1. The molecule has 21 heavy (non-hydrogen) atoms. The second-order valence-corrected chi connectivity index (χ2v) is 7.05. The van der Waals surface area contributed by atoms with E-state index in [0.717, 1.165) is 13.1 Å². The second kappa shape index (κ2) is 7.68. The first-order chi connectivity index (χ1) is 9.94. The molecule has 5 heteroatoms. The molecule has 1 fully saturated rings. The van der Waals surface area contributed by atoms with Gasteiger partial charge in [0.1, 0.15) is 18.5 Å². The molecule has 2 rings (SSSR count). The van der Waals surface area contributed by atoms with Gasteiger partial charge in [0.25, 0.3) is 0 Å². The smallest absolute Gasteiger partial charge is 0.138 e. The standard InChI is InChI=1S/C16H23Cl2NO2/c1-11-5-12(2)8-19(7-11)9-14(20)10-21-16-4-3-13(17)6-15(16)18/h3-4,6,11-12,14,20H,5,7-10H2,1-2H3/t11-,12-,14+/m1/s1. The number of piperidine rings is 1. The summed E-state index contributed by atoms with van der Waals surface area (Å²) >= 11 is 11.9. The summed E-state index contributed by atoms with van der Waals surface area (Å²) in [5.41, 5.74) is 0. The summed E-state index contributed by atoms with van der Waals surface area (Å²) in [6, 6.07) is 5.09. The Morgan fingerprint density at radius 1 is 1.29 bits per heavy atom. The van der Waals surface area contributed by atoms with Crippen molar-refractivity contribution in [2.75, 3.05) is 26.2 Å². The highest BCUT2D eigenvalue weighted by molar-refractivity contribution is 6.35. The van der Waals surface area contributed by atoms with Gasteiger partial charge in [-0.2, -0.15) is 0 Å². The van der Waals surface area contributed by atoms with Crippen LogP contribution in [0.25, 0.3) is 0 Å². The van der Waals surface area contributed by atoms with Crippen molar-refractivity contribution in [1.29, 1.82) is 0 Å². The Hall–Kier alpha value is -0.480. The van der Waals surface area contributed by atoms with E-state index in [2.05, 4.69) is 18.7 Å². The van der Waals surface area contributed by atoms with Crippen molar-refractivity contribution in [3.63, 3.8) is 0 Å². The van der Waals surface area contributed by atoms with Gasteiger partial charge in [-0.1, -0.05) is 37.0 Å². The second-order valence-electron chi connectivity index (χ2n) is 6.20. The molecule has 1 aliphatic rings. The van der Waals surface area contributed by atoms with Crippen LogP contribution < -0.4 is 4.74 Å². The van der Waals surface area contributed by atoms with Crippen LogP contribution in [0.15, 0.2) is 18.2 Å². The first-order valence-corrected chi connectivity index (χ1v) is 8.18. The van der Waals surface area contributed by atoms with E-state index in [9.17, 15) is 5.11 Å².